The molecule has 3 unspecified atom stereocenters. The summed E-state index contributed by atoms with van der Waals surface area (Å²) in [6.07, 6.45) is 1.45. The summed E-state index contributed by atoms with van der Waals surface area (Å²) >= 11 is 0. The SMILES string of the molecule is CC(NC(=O)C(N)Cc1c[nH]c2ccccc12)C(=O)NC(CC(N)=O)C(=O)NCC(=O)O. The molecule has 2 rings (SSSR count). The smallest absolute Gasteiger partial charge is 0.322 e. The minimum atomic E-state index is -1.39. The number of H-pyrrole nitrogens is 1. The Kier molecular flexibility index (Phi) is 8.30. The van der Waals surface area contributed by atoms with E-state index in [0.29, 0.717) is 0 Å². The normalized spacial score (nSPS) is 13.6. The summed E-state index contributed by atoms with van der Waals surface area (Å²) in [6, 6.07) is 4.13. The van der Waals surface area contributed by atoms with Crippen LogP contribution in [0.25, 0.3) is 10.9 Å². The van der Waals surface area contributed by atoms with Crippen LogP contribution in [0.4, 0.5) is 0 Å². The summed E-state index contributed by atoms with van der Waals surface area (Å²) in [5.41, 5.74) is 12.8. The van der Waals surface area contributed by atoms with Gasteiger partial charge in [-0.05, 0) is 25.0 Å². The number of benzene rings is 1. The van der Waals surface area contributed by atoms with Gasteiger partial charge in [0.25, 0.3) is 0 Å². The van der Waals surface area contributed by atoms with Crippen molar-refractivity contribution < 1.29 is 29.1 Å². The Labute approximate surface area is 183 Å². The topological polar surface area (TPSA) is 209 Å². The van der Waals surface area contributed by atoms with E-state index < -0.39 is 60.7 Å². The van der Waals surface area contributed by atoms with Gasteiger partial charge in [0.2, 0.25) is 23.6 Å². The molecule has 172 valence electrons. The molecular weight excluding hydrogens is 420 g/mol. The molecule has 1 aromatic heterocycles. The van der Waals surface area contributed by atoms with Crippen LogP contribution in [-0.2, 0) is 30.4 Å². The molecule has 4 amide bonds. The number of aliphatic carboxylic acids is 1. The van der Waals surface area contributed by atoms with Gasteiger partial charge in [-0.3, -0.25) is 24.0 Å². The number of aromatic amines is 1. The molecule has 3 atom stereocenters. The fourth-order valence-corrected chi connectivity index (χ4v) is 3.01. The largest absolute Gasteiger partial charge is 0.480 e. The predicted molar refractivity (Wildman–Crippen MR) is 114 cm³/mol. The Morgan fingerprint density at radius 1 is 1.06 bits per heavy atom. The number of nitrogens with two attached hydrogens (primary N) is 2. The average molecular weight is 446 g/mol. The lowest BCUT2D eigenvalue weighted by Crippen LogP contribution is -2.56. The fraction of sp³-hybridized carbons (Fsp3) is 0.350. The molecule has 1 heterocycles. The number of carbonyl (C=O) groups is 5. The number of amides is 4. The van der Waals surface area contributed by atoms with Crippen LogP contribution in [0.3, 0.4) is 0 Å². The van der Waals surface area contributed by atoms with Gasteiger partial charge in [-0.15, -0.1) is 0 Å². The fourth-order valence-electron chi connectivity index (χ4n) is 3.01. The van der Waals surface area contributed by atoms with E-state index >= 15 is 0 Å². The van der Waals surface area contributed by atoms with Gasteiger partial charge < -0.3 is 37.5 Å². The van der Waals surface area contributed by atoms with Crippen LogP contribution in [-0.4, -0.2) is 64.4 Å². The summed E-state index contributed by atoms with van der Waals surface area (Å²) in [5, 5.41) is 16.4. The number of carboxylic acids is 1. The van der Waals surface area contributed by atoms with Gasteiger partial charge in [0.05, 0.1) is 12.5 Å². The number of nitrogens with one attached hydrogen (secondary N) is 4. The van der Waals surface area contributed by atoms with Crippen molar-refractivity contribution in [3.8, 4) is 0 Å². The Morgan fingerprint density at radius 2 is 1.75 bits per heavy atom. The van der Waals surface area contributed by atoms with Gasteiger partial charge in [0.1, 0.15) is 18.6 Å². The first-order valence-electron chi connectivity index (χ1n) is 9.77. The molecular formula is C20H26N6O6. The summed E-state index contributed by atoms with van der Waals surface area (Å²) in [5.74, 6) is -4.42. The van der Waals surface area contributed by atoms with Crippen molar-refractivity contribution in [1.29, 1.82) is 0 Å². The van der Waals surface area contributed by atoms with Crippen LogP contribution < -0.4 is 27.4 Å². The highest BCUT2D eigenvalue weighted by molar-refractivity contribution is 5.95. The Morgan fingerprint density at radius 3 is 2.41 bits per heavy atom. The standard InChI is InChI=1S/C20H26N6O6/c1-10(18(30)26-15(7-16(22)27)20(32)24-9-17(28)29)25-19(31)13(21)6-11-8-23-14-5-3-2-4-12(11)14/h2-5,8,10,13,15,23H,6-7,9,21H2,1H3,(H2,22,27)(H,24,32)(H,25,31)(H,26,30)(H,28,29). The highest BCUT2D eigenvalue weighted by atomic mass is 16.4. The average Bonchev–Trinajstić information content (AvgIpc) is 3.13. The van der Waals surface area contributed by atoms with E-state index in [1.54, 1.807) is 6.20 Å². The van der Waals surface area contributed by atoms with Crippen molar-refractivity contribution >= 4 is 40.5 Å². The summed E-state index contributed by atoms with van der Waals surface area (Å²) in [7, 11) is 0. The van der Waals surface area contributed by atoms with Gasteiger partial charge in [0.15, 0.2) is 0 Å². The maximum absolute atomic E-state index is 12.5. The monoisotopic (exact) mass is 446 g/mol. The zero-order valence-corrected chi connectivity index (χ0v) is 17.4. The van der Waals surface area contributed by atoms with Crippen LogP contribution >= 0.6 is 0 Å². The van der Waals surface area contributed by atoms with Crippen LogP contribution in [0.5, 0.6) is 0 Å². The highest BCUT2D eigenvalue weighted by Crippen LogP contribution is 2.18. The molecule has 0 saturated carbocycles. The molecule has 0 bridgehead atoms. The van der Waals surface area contributed by atoms with Crippen LogP contribution in [0.1, 0.15) is 18.9 Å². The van der Waals surface area contributed by atoms with E-state index in [0.717, 1.165) is 16.5 Å². The van der Waals surface area contributed by atoms with Gasteiger partial charge in [-0.25, -0.2) is 0 Å². The number of aromatic nitrogens is 1. The molecule has 0 spiro atoms. The third-order valence-electron chi connectivity index (χ3n) is 4.66. The number of rotatable bonds is 11. The van der Waals surface area contributed by atoms with Gasteiger partial charge in [0, 0.05) is 17.1 Å². The first-order chi connectivity index (χ1) is 15.1. The molecule has 0 aliphatic carbocycles. The molecule has 12 heteroatoms. The van der Waals surface area contributed by atoms with Crippen molar-refractivity contribution in [1.82, 2.24) is 20.9 Å². The number of hydrogen-bond acceptors (Lipinski definition) is 6. The first-order valence-corrected chi connectivity index (χ1v) is 9.77. The number of para-hydroxylation sites is 1. The van der Waals surface area contributed by atoms with Crippen molar-refractivity contribution in [2.45, 2.75) is 37.9 Å². The second kappa shape index (κ2) is 10.9. The maximum Gasteiger partial charge on any atom is 0.322 e. The number of primary amides is 1. The zero-order chi connectivity index (χ0) is 23.8. The van der Waals surface area contributed by atoms with E-state index in [1.165, 1.54) is 6.92 Å². The highest BCUT2D eigenvalue weighted by Gasteiger charge is 2.27. The number of hydrogen-bond donors (Lipinski definition) is 7. The lowest BCUT2D eigenvalue weighted by molar-refractivity contribution is -0.138. The van der Waals surface area contributed by atoms with Crippen LogP contribution in [0.15, 0.2) is 30.5 Å². The summed E-state index contributed by atoms with van der Waals surface area (Å²) in [6.45, 7) is 0.682. The second-order valence-electron chi connectivity index (χ2n) is 7.24. The lowest BCUT2D eigenvalue weighted by Gasteiger charge is -2.21. The third-order valence-corrected chi connectivity index (χ3v) is 4.66. The quantitative estimate of drug-likeness (QED) is 0.208. The molecule has 1 aromatic carbocycles. The molecule has 12 nitrogen and oxygen atoms in total. The molecule has 2 aromatic rings. The van der Waals surface area contributed by atoms with Crippen molar-refractivity contribution in [3.63, 3.8) is 0 Å². The van der Waals surface area contributed by atoms with Gasteiger partial charge in [-0.1, -0.05) is 18.2 Å². The molecule has 0 fully saturated rings. The Balaban J connectivity index is 1.94. The van der Waals surface area contributed by atoms with Crippen LogP contribution in [0, 0.1) is 0 Å². The molecule has 0 aliphatic heterocycles. The summed E-state index contributed by atoms with van der Waals surface area (Å²) in [4.78, 5) is 61.8. The van der Waals surface area contributed by atoms with Crippen molar-refractivity contribution in [2.24, 2.45) is 11.5 Å². The molecule has 9 N–H and O–H groups in total. The number of fused-ring (bicyclic) bond motifs is 1. The van der Waals surface area contributed by atoms with E-state index in [2.05, 4.69) is 20.9 Å². The minimum absolute atomic E-state index is 0.228. The molecule has 0 aliphatic rings. The third kappa shape index (κ3) is 6.80. The first kappa shape index (κ1) is 24.3. The van der Waals surface area contributed by atoms with E-state index in [1.807, 2.05) is 24.3 Å². The van der Waals surface area contributed by atoms with Crippen LogP contribution in [0.2, 0.25) is 0 Å². The molecule has 0 radical (unpaired) electrons. The van der Waals surface area contributed by atoms with E-state index in [-0.39, 0.29) is 6.42 Å². The Hall–Kier alpha value is -3.93. The van der Waals surface area contributed by atoms with E-state index in [4.69, 9.17) is 16.6 Å². The second-order valence-corrected chi connectivity index (χ2v) is 7.24. The number of carbonyl (C=O) groups excluding carboxylic acids is 4. The zero-order valence-electron chi connectivity index (χ0n) is 17.4. The van der Waals surface area contributed by atoms with E-state index in [9.17, 15) is 24.0 Å². The summed E-state index contributed by atoms with van der Waals surface area (Å²) < 4.78 is 0. The molecule has 0 saturated heterocycles. The molecule has 32 heavy (non-hydrogen) atoms. The van der Waals surface area contributed by atoms with Gasteiger partial charge in [-0.2, -0.15) is 0 Å². The minimum Gasteiger partial charge on any atom is -0.480 e. The van der Waals surface area contributed by atoms with Gasteiger partial charge >= 0.3 is 5.97 Å². The van der Waals surface area contributed by atoms with Crippen molar-refractivity contribution in [3.05, 3.63) is 36.0 Å². The maximum atomic E-state index is 12.5. The lowest BCUT2D eigenvalue weighted by atomic mass is 10.0. The number of carboxylic acid groups (broad SMARTS) is 1. The Bertz CT molecular complexity index is 1020. The predicted octanol–water partition coefficient (Wildman–Crippen LogP) is -1.90. The van der Waals surface area contributed by atoms with Crippen molar-refractivity contribution in [2.75, 3.05) is 6.54 Å².